The van der Waals surface area contributed by atoms with Gasteiger partial charge < -0.3 is 10.5 Å². The van der Waals surface area contributed by atoms with Gasteiger partial charge in [0.05, 0.1) is 5.02 Å². The summed E-state index contributed by atoms with van der Waals surface area (Å²) in [6, 6.07) is 10.9. The minimum absolute atomic E-state index is 0.128. The number of hydrogen-bond acceptors (Lipinski definition) is 3. The van der Waals surface area contributed by atoms with Crippen molar-refractivity contribution in [2.45, 2.75) is 13.0 Å². The monoisotopic (exact) mass is 290 g/mol. The van der Waals surface area contributed by atoms with Gasteiger partial charge in [0.2, 0.25) is 0 Å². The van der Waals surface area contributed by atoms with E-state index in [2.05, 4.69) is 0 Å². The molecule has 1 atom stereocenters. The summed E-state index contributed by atoms with van der Waals surface area (Å²) in [6.45, 7) is 1.84. The van der Waals surface area contributed by atoms with E-state index in [9.17, 15) is 4.39 Å². The molecule has 0 spiro atoms. The molecule has 0 amide bonds. The first-order valence-corrected chi connectivity index (χ1v) is 6.32. The molecule has 1 unspecified atom stereocenters. The third-order valence-electron chi connectivity index (χ3n) is 2.79. The number of nitrogens with two attached hydrogens (primary N) is 1. The van der Waals surface area contributed by atoms with Gasteiger partial charge in [0.25, 0.3) is 0 Å². The van der Waals surface area contributed by atoms with Crippen molar-refractivity contribution >= 4 is 11.6 Å². The van der Waals surface area contributed by atoms with Crippen LogP contribution in [0.2, 0.25) is 5.02 Å². The lowest BCUT2D eigenvalue weighted by atomic mass is 10.1. The highest BCUT2D eigenvalue weighted by Gasteiger charge is 2.12. The number of nitrogens with zero attached hydrogens (tertiary/aromatic N) is 1. The Morgan fingerprint density at radius 3 is 2.65 bits per heavy atom. The van der Waals surface area contributed by atoms with E-state index in [1.54, 1.807) is 24.3 Å². The molecule has 0 fully saturated rings. The lowest BCUT2D eigenvalue weighted by Gasteiger charge is -2.12. The lowest BCUT2D eigenvalue weighted by Crippen LogP contribution is -2.04. The highest BCUT2D eigenvalue weighted by molar-refractivity contribution is 6.32. The molecule has 2 rings (SSSR count). The van der Waals surface area contributed by atoms with Crippen LogP contribution in [-0.4, -0.2) is 0 Å². The summed E-state index contributed by atoms with van der Waals surface area (Å²) in [5.74, 6) is -0.158. The molecular formula is C15H12ClFN2O. The molecule has 0 heterocycles. The highest BCUT2D eigenvalue weighted by Crippen LogP contribution is 2.33. The molecule has 5 heteroatoms. The number of ether oxygens (including phenoxy) is 1. The van der Waals surface area contributed by atoms with Gasteiger partial charge in [-0.05, 0) is 36.8 Å². The Kier molecular flexibility index (Phi) is 4.23. The molecule has 0 bridgehead atoms. The van der Waals surface area contributed by atoms with Gasteiger partial charge in [-0.15, -0.1) is 0 Å². The Hall–Kier alpha value is -2.09. The van der Waals surface area contributed by atoms with Crippen LogP contribution in [-0.2, 0) is 0 Å². The molecule has 2 aromatic rings. The van der Waals surface area contributed by atoms with Gasteiger partial charge in [0.15, 0.2) is 0 Å². The predicted molar refractivity (Wildman–Crippen MR) is 75.2 cm³/mol. The zero-order valence-corrected chi connectivity index (χ0v) is 11.5. The third-order valence-corrected chi connectivity index (χ3v) is 3.08. The average molecular weight is 291 g/mol. The van der Waals surface area contributed by atoms with Crippen LogP contribution in [0.3, 0.4) is 0 Å². The van der Waals surface area contributed by atoms with Crippen molar-refractivity contribution in [3.05, 3.63) is 58.4 Å². The van der Waals surface area contributed by atoms with Crippen molar-refractivity contribution in [3.63, 3.8) is 0 Å². The summed E-state index contributed by atoms with van der Waals surface area (Å²) in [5.41, 5.74) is 6.47. The van der Waals surface area contributed by atoms with Crippen LogP contribution in [0.1, 0.15) is 24.1 Å². The van der Waals surface area contributed by atoms with Crippen molar-refractivity contribution in [1.82, 2.24) is 0 Å². The van der Waals surface area contributed by atoms with Crippen molar-refractivity contribution in [1.29, 1.82) is 5.26 Å². The summed E-state index contributed by atoms with van der Waals surface area (Å²) < 4.78 is 19.0. The maximum atomic E-state index is 13.5. The van der Waals surface area contributed by atoms with Gasteiger partial charge in [-0.25, -0.2) is 4.39 Å². The van der Waals surface area contributed by atoms with Crippen LogP contribution in [0.4, 0.5) is 4.39 Å². The Labute approximate surface area is 121 Å². The van der Waals surface area contributed by atoms with E-state index in [1.165, 1.54) is 18.2 Å². The maximum Gasteiger partial charge on any atom is 0.148 e. The van der Waals surface area contributed by atoms with E-state index in [-0.39, 0.29) is 17.4 Å². The first kappa shape index (κ1) is 14.3. The van der Waals surface area contributed by atoms with E-state index in [0.717, 1.165) is 5.56 Å². The van der Waals surface area contributed by atoms with E-state index < -0.39 is 5.82 Å². The van der Waals surface area contributed by atoms with Crippen LogP contribution in [0.15, 0.2) is 36.4 Å². The quantitative estimate of drug-likeness (QED) is 0.923. The second-order valence-corrected chi connectivity index (χ2v) is 4.71. The second-order valence-electron chi connectivity index (χ2n) is 4.31. The topological polar surface area (TPSA) is 59.0 Å². The molecule has 0 radical (unpaired) electrons. The Balaban J connectivity index is 2.36. The van der Waals surface area contributed by atoms with Gasteiger partial charge in [0, 0.05) is 6.04 Å². The SMILES string of the molecule is CC(N)c1ccc(Oc2cccc(F)c2C#N)c(Cl)c1. The van der Waals surface area contributed by atoms with Gasteiger partial charge in [-0.3, -0.25) is 0 Å². The smallest absolute Gasteiger partial charge is 0.148 e. The van der Waals surface area contributed by atoms with E-state index in [4.69, 9.17) is 27.3 Å². The molecule has 2 aromatic carbocycles. The van der Waals surface area contributed by atoms with Gasteiger partial charge >= 0.3 is 0 Å². The first-order chi connectivity index (χ1) is 9.52. The molecule has 0 aliphatic heterocycles. The molecule has 20 heavy (non-hydrogen) atoms. The fourth-order valence-corrected chi connectivity index (χ4v) is 1.93. The van der Waals surface area contributed by atoms with Gasteiger partial charge in [-0.1, -0.05) is 23.7 Å². The van der Waals surface area contributed by atoms with Crippen molar-refractivity contribution in [3.8, 4) is 17.6 Å². The summed E-state index contributed by atoms with van der Waals surface area (Å²) >= 11 is 6.10. The molecular weight excluding hydrogens is 279 g/mol. The minimum Gasteiger partial charge on any atom is -0.454 e. The van der Waals surface area contributed by atoms with Gasteiger partial charge in [-0.2, -0.15) is 5.26 Å². The first-order valence-electron chi connectivity index (χ1n) is 5.94. The standard InChI is InChI=1S/C15H12ClFN2O/c1-9(19)10-5-6-15(12(16)7-10)20-14-4-2-3-13(17)11(14)8-18/h2-7,9H,19H2,1H3. The molecule has 0 aromatic heterocycles. The number of benzene rings is 2. The van der Waals surface area contributed by atoms with Crippen molar-refractivity contribution in [2.24, 2.45) is 5.73 Å². The number of hydrogen-bond donors (Lipinski definition) is 1. The molecule has 102 valence electrons. The van der Waals surface area contributed by atoms with E-state index in [0.29, 0.717) is 10.8 Å². The molecule has 3 nitrogen and oxygen atoms in total. The molecule has 0 aliphatic carbocycles. The van der Waals surface area contributed by atoms with Gasteiger partial charge in [0.1, 0.15) is 28.9 Å². The highest BCUT2D eigenvalue weighted by atomic mass is 35.5. The summed E-state index contributed by atoms with van der Waals surface area (Å²) in [7, 11) is 0. The van der Waals surface area contributed by atoms with Crippen LogP contribution in [0.25, 0.3) is 0 Å². The predicted octanol–water partition coefficient (Wildman–Crippen LogP) is 4.16. The van der Waals surface area contributed by atoms with Crippen LogP contribution in [0, 0.1) is 17.1 Å². The Morgan fingerprint density at radius 2 is 2.05 bits per heavy atom. The maximum absolute atomic E-state index is 13.5. The zero-order chi connectivity index (χ0) is 14.7. The second kappa shape index (κ2) is 5.91. The van der Waals surface area contributed by atoms with Crippen molar-refractivity contribution in [2.75, 3.05) is 0 Å². The number of nitriles is 1. The van der Waals surface area contributed by atoms with E-state index in [1.807, 2.05) is 6.92 Å². The Bertz CT molecular complexity index is 680. The van der Waals surface area contributed by atoms with Crippen LogP contribution in [0.5, 0.6) is 11.5 Å². The molecule has 2 N–H and O–H groups in total. The molecule has 0 saturated heterocycles. The third kappa shape index (κ3) is 2.90. The minimum atomic E-state index is -0.631. The fraction of sp³-hybridized carbons (Fsp3) is 0.133. The van der Waals surface area contributed by atoms with E-state index >= 15 is 0 Å². The number of halogens is 2. The number of rotatable bonds is 3. The average Bonchev–Trinajstić information content (AvgIpc) is 2.41. The normalized spacial score (nSPS) is 11.8. The molecule has 0 aliphatic rings. The lowest BCUT2D eigenvalue weighted by molar-refractivity contribution is 0.474. The zero-order valence-electron chi connectivity index (χ0n) is 10.7. The van der Waals surface area contributed by atoms with Crippen LogP contribution >= 0.6 is 11.6 Å². The largest absolute Gasteiger partial charge is 0.454 e. The fourth-order valence-electron chi connectivity index (χ4n) is 1.70. The van der Waals surface area contributed by atoms with Crippen molar-refractivity contribution < 1.29 is 9.13 Å². The summed E-state index contributed by atoms with van der Waals surface area (Å²) in [4.78, 5) is 0. The Morgan fingerprint density at radius 1 is 1.30 bits per heavy atom. The summed E-state index contributed by atoms with van der Waals surface area (Å²) in [6.07, 6.45) is 0. The summed E-state index contributed by atoms with van der Waals surface area (Å²) in [5, 5.41) is 9.30. The molecule has 0 saturated carbocycles. The van der Waals surface area contributed by atoms with Crippen LogP contribution < -0.4 is 10.5 Å².